The Balaban J connectivity index is 1.88. The van der Waals surface area contributed by atoms with E-state index in [1.54, 1.807) is 0 Å². The topological polar surface area (TPSA) is 37.3 Å². The number of nitrogens with zero attached hydrogens (tertiary/aromatic N) is 2. The van der Waals surface area contributed by atoms with E-state index >= 15 is 0 Å². The minimum Gasteiger partial charge on any atom is -0.338 e. The van der Waals surface area contributed by atoms with E-state index in [1.165, 1.54) is 5.56 Å². The molecule has 1 aliphatic heterocycles. The molecular weight excluding hydrogens is 334 g/mol. The van der Waals surface area contributed by atoms with Crippen molar-refractivity contribution in [2.75, 3.05) is 6.54 Å². The molecule has 27 heavy (non-hydrogen) atoms. The second-order valence-electron chi connectivity index (χ2n) is 7.11. The molecule has 4 rings (SSSR count). The number of rotatable bonds is 3. The lowest BCUT2D eigenvalue weighted by Crippen LogP contribution is -2.42. The van der Waals surface area contributed by atoms with Gasteiger partial charge in [-0.1, -0.05) is 55.0 Å². The van der Waals surface area contributed by atoms with Crippen molar-refractivity contribution in [2.45, 2.75) is 32.9 Å². The first-order valence-electron chi connectivity index (χ1n) is 9.55. The quantitative estimate of drug-likeness (QED) is 0.716. The monoisotopic (exact) mass is 359 g/mol. The molecule has 4 nitrogen and oxygen atoms in total. The fourth-order valence-electron chi connectivity index (χ4n) is 3.86. The standard InChI is InChI=1S/C23H25N3O/c1-3-13-24-23(27)26-16-19-9-4-5-11-20(19)25-14-7-12-21(25)22(26)18-10-6-8-17(2)15-18/h4-12,14-15,22H,3,13,16H2,1-2H3,(H,24,27). The van der Waals surface area contributed by atoms with Gasteiger partial charge in [0, 0.05) is 18.4 Å². The van der Waals surface area contributed by atoms with Gasteiger partial charge in [0.2, 0.25) is 0 Å². The summed E-state index contributed by atoms with van der Waals surface area (Å²) in [7, 11) is 0. The van der Waals surface area contributed by atoms with Crippen LogP contribution in [-0.2, 0) is 6.54 Å². The van der Waals surface area contributed by atoms with E-state index in [2.05, 4.69) is 84.5 Å². The fourth-order valence-corrected chi connectivity index (χ4v) is 3.86. The second-order valence-corrected chi connectivity index (χ2v) is 7.11. The Kier molecular flexibility index (Phi) is 4.71. The summed E-state index contributed by atoms with van der Waals surface area (Å²) in [6.45, 7) is 5.42. The lowest BCUT2D eigenvalue weighted by atomic mass is 10.00. The Morgan fingerprint density at radius 3 is 2.78 bits per heavy atom. The van der Waals surface area contributed by atoms with Gasteiger partial charge in [-0.25, -0.2) is 4.79 Å². The molecule has 0 saturated heterocycles. The summed E-state index contributed by atoms with van der Waals surface area (Å²) < 4.78 is 2.22. The van der Waals surface area contributed by atoms with Crippen LogP contribution in [0.4, 0.5) is 4.79 Å². The number of benzene rings is 2. The van der Waals surface area contributed by atoms with Crippen LogP contribution in [0.25, 0.3) is 5.69 Å². The van der Waals surface area contributed by atoms with Gasteiger partial charge in [-0.3, -0.25) is 0 Å². The number of aromatic nitrogens is 1. The van der Waals surface area contributed by atoms with Crippen LogP contribution in [0.2, 0.25) is 0 Å². The molecule has 1 unspecified atom stereocenters. The van der Waals surface area contributed by atoms with Crippen LogP contribution in [-0.4, -0.2) is 22.0 Å². The average Bonchev–Trinajstić information content (AvgIpc) is 3.10. The largest absolute Gasteiger partial charge is 0.338 e. The first kappa shape index (κ1) is 17.4. The third-order valence-electron chi connectivity index (χ3n) is 5.11. The highest BCUT2D eigenvalue weighted by Gasteiger charge is 2.32. The molecule has 2 heterocycles. The highest BCUT2D eigenvalue weighted by atomic mass is 16.2. The number of carbonyl (C=O) groups is 1. The molecule has 2 aromatic carbocycles. The number of carbonyl (C=O) groups excluding carboxylic acids is 1. The van der Waals surface area contributed by atoms with Crippen LogP contribution < -0.4 is 5.32 Å². The number of aryl methyl sites for hydroxylation is 1. The highest BCUT2D eigenvalue weighted by Crippen LogP contribution is 2.36. The third kappa shape index (κ3) is 3.23. The van der Waals surface area contributed by atoms with E-state index in [0.717, 1.165) is 28.9 Å². The Hall–Kier alpha value is -3.01. The lowest BCUT2D eigenvalue weighted by molar-refractivity contribution is 0.180. The molecule has 1 aliphatic rings. The van der Waals surface area contributed by atoms with Crippen molar-refractivity contribution < 1.29 is 4.79 Å². The highest BCUT2D eigenvalue weighted by molar-refractivity contribution is 5.76. The maximum atomic E-state index is 13.1. The molecule has 3 aromatic rings. The summed E-state index contributed by atoms with van der Waals surface area (Å²) in [6, 6.07) is 20.8. The van der Waals surface area contributed by atoms with Crippen molar-refractivity contribution in [3.63, 3.8) is 0 Å². The molecule has 0 bridgehead atoms. The molecule has 0 fully saturated rings. The number of nitrogens with one attached hydrogen (secondary N) is 1. The number of fused-ring (bicyclic) bond motifs is 3. The summed E-state index contributed by atoms with van der Waals surface area (Å²) in [6.07, 6.45) is 3.01. The normalized spacial score (nSPS) is 15.6. The van der Waals surface area contributed by atoms with Gasteiger partial charge in [0.15, 0.2) is 0 Å². The van der Waals surface area contributed by atoms with E-state index in [-0.39, 0.29) is 12.1 Å². The van der Waals surface area contributed by atoms with E-state index in [0.29, 0.717) is 13.1 Å². The van der Waals surface area contributed by atoms with Gasteiger partial charge < -0.3 is 14.8 Å². The maximum Gasteiger partial charge on any atom is 0.318 e. The van der Waals surface area contributed by atoms with Crippen molar-refractivity contribution >= 4 is 6.03 Å². The number of hydrogen-bond acceptors (Lipinski definition) is 1. The van der Waals surface area contributed by atoms with Crippen LogP contribution in [0.3, 0.4) is 0 Å². The van der Waals surface area contributed by atoms with Gasteiger partial charge >= 0.3 is 6.03 Å². The molecular formula is C23H25N3O. The minimum atomic E-state index is -0.135. The number of hydrogen-bond donors (Lipinski definition) is 1. The van der Waals surface area contributed by atoms with Crippen LogP contribution in [0.5, 0.6) is 0 Å². The SMILES string of the molecule is CCCNC(=O)N1Cc2ccccc2-n2cccc2C1c1cccc(C)c1. The van der Waals surface area contributed by atoms with Gasteiger partial charge in [-0.2, -0.15) is 0 Å². The molecule has 138 valence electrons. The fraction of sp³-hybridized carbons (Fsp3) is 0.261. The predicted octanol–water partition coefficient (Wildman–Crippen LogP) is 4.81. The molecule has 0 aliphatic carbocycles. The number of urea groups is 1. The number of amides is 2. The van der Waals surface area contributed by atoms with E-state index in [1.807, 2.05) is 11.0 Å². The summed E-state index contributed by atoms with van der Waals surface area (Å²) in [4.78, 5) is 15.1. The minimum absolute atomic E-state index is 0.0205. The molecule has 2 amide bonds. The molecule has 1 N–H and O–H groups in total. The van der Waals surface area contributed by atoms with Crippen molar-refractivity contribution in [3.05, 3.63) is 89.2 Å². The van der Waals surface area contributed by atoms with Crippen LogP contribution >= 0.6 is 0 Å². The maximum absolute atomic E-state index is 13.1. The Bertz CT molecular complexity index is 960. The zero-order chi connectivity index (χ0) is 18.8. The summed E-state index contributed by atoms with van der Waals surface area (Å²) in [5.74, 6) is 0. The first-order valence-corrected chi connectivity index (χ1v) is 9.55. The van der Waals surface area contributed by atoms with Crippen molar-refractivity contribution in [1.82, 2.24) is 14.8 Å². The van der Waals surface area contributed by atoms with Crippen molar-refractivity contribution in [2.24, 2.45) is 0 Å². The molecule has 0 radical (unpaired) electrons. The van der Waals surface area contributed by atoms with Crippen LogP contribution in [0.1, 0.15) is 41.8 Å². The predicted molar refractivity (Wildman–Crippen MR) is 108 cm³/mol. The average molecular weight is 359 g/mol. The lowest BCUT2D eigenvalue weighted by Gasteiger charge is -2.31. The van der Waals surface area contributed by atoms with E-state index < -0.39 is 0 Å². The zero-order valence-electron chi connectivity index (χ0n) is 15.9. The van der Waals surface area contributed by atoms with Gasteiger partial charge in [0.1, 0.15) is 0 Å². The van der Waals surface area contributed by atoms with E-state index in [9.17, 15) is 4.79 Å². The molecule has 0 saturated carbocycles. The van der Waals surface area contributed by atoms with Gasteiger partial charge in [-0.05, 0) is 42.7 Å². The summed E-state index contributed by atoms with van der Waals surface area (Å²) >= 11 is 0. The van der Waals surface area contributed by atoms with Gasteiger partial charge in [0.05, 0.1) is 18.3 Å². The van der Waals surface area contributed by atoms with Gasteiger partial charge in [0.25, 0.3) is 0 Å². The Morgan fingerprint density at radius 1 is 1.11 bits per heavy atom. The Morgan fingerprint density at radius 2 is 1.96 bits per heavy atom. The number of para-hydroxylation sites is 1. The van der Waals surface area contributed by atoms with Crippen LogP contribution in [0.15, 0.2) is 66.9 Å². The van der Waals surface area contributed by atoms with Crippen LogP contribution in [0, 0.1) is 6.92 Å². The molecule has 1 aromatic heterocycles. The summed E-state index contributed by atoms with van der Waals surface area (Å²) in [5.41, 5.74) is 5.73. The molecule has 0 spiro atoms. The second kappa shape index (κ2) is 7.31. The van der Waals surface area contributed by atoms with E-state index in [4.69, 9.17) is 0 Å². The van der Waals surface area contributed by atoms with Crippen molar-refractivity contribution in [3.8, 4) is 5.69 Å². The molecule has 4 heteroatoms. The van der Waals surface area contributed by atoms with Crippen molar-refractivity contribution in [1.29, 1.82) is 0 Å². The Labute approximate surface area is 160 Å². The first-order chi connectivity index (χ1) is 13.2. The smallest absolute Gasteiger partial charge is 0.318 e. The summed E-state index contributed by atoms with van der Waals surface area (Å²) in [5, 5.41) is 3.08. The molecule has 1 atom stereocenters. The van der Waals surface area contributed by atoms with Gasteiger partial charge in [-0.15, -0.1) is 0 Å². The zero-order valence-corrected chi connectivity index (χ0v) is 15.9. The third-order valence-corrected chi connectivity index (χ3v) is 5.11.